The molecule has 0 saturated carbocycles. The van der Waals surface area contributed by atoms with Crippen molar-refractivity contribution in [3.8, 4) is 0 Å². The number of hydrogen-bond donors (Lipinski definition) is 3. The molecular formula is C10H17N3O3. The van der Waals surface area contributed by atoms with Crippen LogP contribution in [0.1, 0.15) is 43.5 Å². The van der Waals surface area contributed by atoms with Gasteiger partial charge in [0.25, 0.3) is 0 Å². The second-order valence-electron chi connectivity index (χ2n) is 3.71. The topological polar surface area (TPSA) is 101 Å². The van der Waals surface area contributed by atoms with Crippen molar-refractivity contribution in [1.29, 1.82) is 0 Å². The number of rotatable bonds is 6. The lowest BCUT2D eigenvalue weighted by molar-refractivity contribution is -0.138. The van der Waals surface area contributed by atoms with E-state index in [1.165, 1.54) is 6.20 Å². The van der Waals surface area contributed by atoms with Crippen molar-refractivity contribution < 1.29 is 15.1 Å². The van der Waals surface area contributed by atoms with Gasteiger partial charge in [0.2, 0.25) is 0 Å². The molecule has 1 aromatic heterocycles. The molecule has 1 heterocycles. The first-order valence-electron chi connectivity index (χ1n) is 5.32. The average Bonchev–Trinajstić information content (AvgIpc) is 2.60. The molecule has 6 nitrogen and oxygen atoms in total. The smallest absolute Gasteiger partial charge is 0.325 e. The van der Waals surface area contributed by atoms with Gasteiger partial charge in [-0.2, -0.15) is 0 Å². The Labute approximate surface area is 93.6 Å². The van der Waals surface area contributed by atoms with Gasteiger partial charge >= 0.3 is 5.97 Å². The fourth-order valence-corrected chi connectivity index (χ4v) is 1.56. The van der Waals surface area contributed by atoms with E-state index in [0.29, 0.717) is 22.5 Å². The molecule has 0 aliphatic rings. The lowest BCUT2D eigenvalue weighted by Gasteiger charge is -2.07. The molecule has 0 fully saturated rings. The molecule has 0 aliphatic carbocycles. The highest BCUT2D eigenvalue weighted by atomic mass is 16.5. The Balaban J connectivity index is 2.81. The molecule has 16 heavy (non-hydrogen) atoms. The fourth-order valence-electron chi connectivity index (χ4n) is 1.56. The molecule has 90 valence electrons. The Hall–Kier alpha value is -1.56. The van der Waals surface area contributed by atoms with Gasteiger partial charge in [0, 0.05) is 5.56 Å². The standard InChI is InChI=1S/C10H17N3O3/c1-2-3-4-5-8-7(6-12-13(8)16)9(11)10(14)15/h6,9,16H,2-5,11H2,1H3,(H,14,15). The first kappa shape index (κ1) is 12.5. The van der Waals surface area contributed by atoms with Crippen molar-refractivity contribution in [2.45, 2.75) is 38.6 Å². The number of nitrogens with zero attached hydrogens (tertiary/aromatic N) is 2. The van der Waals surface area contributed by atoms with Gasteiger partial charge in [-0.1, -0.05) is 19.8 Å². The Morgan fingerprint density at radius 2 is 2.31 bits per heavy atom. The normalized spacial score (nSPS) is 12.6. The lowest BCUT2D eigenvalue weighted by Crippen LogP contribution is -2.22. The van der Waals surface area contributed by atoms with Crippen molar-refractivity contribution in [2.24, 2.45) is 5.73 Å². The number of hydrogen-bond acceptors (Lipinski definition) is 4. The van der Waals surface area contributed by atoms with E-state index in [1.807, 2.05) is 0 Å². The minimum absolute atomic E-state index is 0.381. The number of carboxylic acids is 1. The highest BCUT2D eigenvalue weighted by Crippen LogP contribution is 2.18. The molecule has 0 amide bonds. The van der Waals surface area contributed by atoms with Gasteiger partial charge in [0.05, 0.1) is 11.9 Å². The van der Waals surface area contributed by atoms with Crippen LogP contribution in [0.5, 0.6) is 0 Å². The quantitative estimate of drug-likeness (QED) is 0.496. The molecule has 1 atom stereocenters. The molecule has 1 rings (SSSR count). The molecule has 0 bridgehead atoms. The zero-order valence-corrected chi connectivity index (χ0v) is 9.26. The van der Waals surface area contributed by atoms with Gasteiger partial charge in [-0.05, 0) is 12.8 Å². The third-order valence-corrected chi connectivity index (χ3v) is 2.50. The van der Waals surface area contributed by atoms with E-state index in [9.17, 15) is 10.0 Å². The van der Waals surface area contributed by atoms with Gasteiger partial charge in [-0.25, -0.2) is 0 Å². The monoisotopic (exact) mass is 227 g/mol. The first-order valence-corrected chi connectivity index (χ1v) is 5.32. The van der Waals surface area contributed by atoms with Crippen molar-refractivity contribution in [3.05, 3.63) is 17.5 Å². The number of carbonyl (C=O) groups is 1. The highest BCUT2D eigenvalue weighted by molar-refractivity contribution is 5.75. The summed E-state index contributed by atoms with van der Waals surface area (Å²) in [6, 6.07) is -1.13. The van der Waals surface area contributed by atoms with E-state index in [1.54, 1.807) is 0 Å². The second-order valence-corrected chi connectivity index (χ2v) is 3.71. The fraction of sp³-hybridized carbons (Fsp3) is 0.600. The highest BCUT2D eigenvalue weighted by Gasteiger charge is 2.21. The summed E-state index contributed by atoms with van der Waals surface area (Å²) in [4.78, 5) is 11.5. The molecule has 1 unspecified atom stereocenters. The van der Waals surface area contributed by atoms with Gasteiger partial charge < -0.3 is 16.0 Å². The molecule has 0 spiro atoms. The maximum Gasteiger partial charge on any atom is 0.325 e. The van der Waals surface area contributed by atoms with Gasteiger partial charge in [-0.3, -0.25) is 4.79 Å². The molecule has 1 aromatic rings. The van der Waals surface area contributed by atoms with Crippen LogP contribution in [-0.4, -0.2) is 26.2 Å². The van der Waals surface area contributed by atoms with Crippen LogP contribution < -0.4 is 5.73 Å². The van der Waals surface area contributed by atoms with E-state index < -0.39 is 12.0 Å². The average molecular weight is 227 g/mol. The number of carboxylic acid groups (broad SMARTS) is 1. The summed E-state index contributed by atoms with van der Waals surface area (Å²) < 4.78 is 0. The molecule has 0 radical (unpaired) electrons. The third-order valence-electron chi connectivity index (χ3n) is 2.50. The molecule has 0 saturated heterocycles. The predicted molar refractivity (Wildman–Crippen MR) is 57.2 cm³/mol. The molecule has 4 N–H and O–H groups in total. The summed E-state index contributed by atoms with van der Waals surface area (Å²) in [7, 11) is 0. The molecular weight excluding hydrogens is 210 g/mol. The van der Waals surface area contributed by atoms with Crippen molar-refractivity contribution in [1.82, 2.24) is 9.94 Å². The minimum atomic E-state index is -1.13. The summed E-state index contributed by atoms with van der Waals surface area (Å²) in [6.07, 6.45) is 4.84. The summed E-state index contributed by atoms with van der Waals surface area (Å²) >= 11 is 0. The summed E-state index contributed by atoms with van der Waals surface area (Å²) in [5.74, 6) is -1.12. The molecule has 6 heteroatoms. The first-order chi connectivity index (χ1) is 7.57. The van der Waals surface area contributed by atoms with Crippen molar-refractivity contribution in [2.75, 3.05) is 0 Å². The number of aliphatic carboxylic acids is 1. The SMILES string of the molecule is CCCCCc1c(C(N)C(=O)O)cnn1O. The van der Waals surface area contributed by atoms with Gasteiger partial charge in [-0.15, -0.1) is 9.94 Å². The Kier molecular flexibility index (Phi) is 4.30. The van der Waals surface area contributed by atoms with Crippen LogP contribution in [0.3, 0.4) is 0 Å². The number of nitrogens with two attached hydrogens (primary N) is 1. The van der Waals surface area contributed by atoms with Crippen molar-refractivity contribution in [3.63, 3.8) is 0 Å². The molecule has 0 aliphatic heterocycles. The Morgan fingerprint density at radius 3 is 2.88 bits per heavy atom. The van der Waals surface area contributed by atoms with Crippen LogP contribution >= 0.6 is 0 Å². The Bertz CT molecular complexity index is 362. The summed E-state index contributed by atoms with van der Waals surface area (Å²) in [6.45, 7) is 2.07. The zero-order valence-electron chi connectivity index (χ0n) is 9.26. The summed E-state index contributed by atoms with van der Waals surface area (Å²) in [5.41, 5.74) is 6.36. The predicted octanol–water partition coefficient (Wildman–Crippen LogP) is 0.937. The summed E-state index contributed by atoms with van der Waals surface area (Å²) in [5, 5.41) is 21.8. The van der Waals surface area contributed by atoms with Crippen LogP contribution in [0, 0.1) is 0 Å². The van der Waals surface area contributed by atoms with Gasteiger partial charge in [0.15, 0.2) is 0 Å². The van der Waals surface area contributed by atoms with Crippen LogP contribution in [0.4, 0.5) is 0 Å². The molecule has 0 aromatic carbocycles. The largest absolute Gasteiger partial charge is 0.480 e. The van der Waals surface area contributed by atoms with E-state index in [-0.39, 0.29) is 0 Å². The van der Waals surface area contributed by atoms with E-state index >= 15 is 0 Å². The minimum Gasteiger partial charge on any atom is -0.480 e. The lowest BCUT2D eigenvalue weighted by atomic mass is 10.0. The number of aromatic nitrogens is 2. The van der Waals surface area contributed by atoms with Crippen LogP contribution in [-0.2, 0) is 11.2 Å². The van der Waals surface area contributed by atoms with E-state index in [2.05, 4.69) is 12.0 Å². The maximum atomic E-state index is 10.7. The number of unbranched alkanes of at least 4 members (excludes halogenated alkanes) is 2. The van der Waals surface area contributed by atoms with Crippen LogP contribution in [0.2, 0.25) is 0 Å². The zero-order chi connectivity index (χ0) is 12.1. The van der Waals surface area contributed by atoms with Crippen LogP contribution in [0.15, 0.2) is 6.20 Å². The van der Waals surface area contributed by atoms with Crippen LogP contribution in [0.25, 0.3) is 0 Å². The van der Waals surface area contributed by atoms with Gasteiger partial charge in [0.1, 0.15) is 6.04 Å². The third kappa shape index (κ3) is 2.73. The van der Waals surface area contributed by atoms with E-state index in [0.717, 1.165) is 19.3 Å². The Morgan fingerprint density at radius 1 is 1.62 bits per heavy atom. The second kappa shape index (κ2) is 5.50. The van der Waals surface area contributed by atoms with Crippen molar-refractivity contribution >= 4 is 5.97 Å². The maximum absolute atomic E-state index is 10.7. The van der Waals surface area contributed by atoms with E-state index in [4.69, 9.17) is 10.8 Å².